The zero-order valence-electron chi connectivity index (χ0n) is 16.7. The summed E-state index contributed by atoms with van der Waals surface area (Å²) >= 11 is 0. The molecule has 0 aliphatic rings. The van der Waals surface area contributed by atoms with Crippen molar-refractivity contribution in [2.24, 2.45) is 10.4 Å². The Morgan fingerprint density at radius 2 is 1.96 bits per heavy atom. The zero-order valence-corrected chi connectivity index (χ0v) is 16.7. The first-order valence-electron chi connectivity index (χ1n) is 9.36. The molecule has 6 heteroatoms. The highest BCUT2D eigenvalue weighted by molar-refractivity contribution is 5.80. The Kier molecular flexibility index (Phi) is 7.18. The highest BCUT2D eigenvalue weighted by atomic mass is 15.3. The average molecular weight is 357 g/mol. The Bertz CT molecular complexity index is 667. The van der Waals surface area contributed by atoms with Gasteiger partial charge in [0, 0.05) is 12.6 Å². The second-order valence-corrected chi connectivity index (χ2v) is 7.85. The standard InChI is InChI=1S/C20H32N6/c1-6-22-19(25-16(2)11-12-20(3,4)5)23-13-17-7-9-18(10-8-17)26-15-21-14-24-26/h7-10,14-16H,6,11-13H2,1-5H3,(H2,22,23,25). The predicted molar refractivity (Wildman–Crippen MR) is 107 cm³/mol. The summed E-state index contributed by atoms with van der Waals surface area (Å²) in [6.45, 7) is 12.6. The third-order valence-corrected chi connectivity index (χ3v) is 4.09. The van der Waals surface area contributed by atoms with E-state index < -0.39 is 0 Å². The summed E-state index contributed by atoms with van der Waals surface area (Å²) < 4.78 is 1.75. The number of nitrogens with one attached hydrogen (secondary N) is 2. The lowest BCUT2D eigenvalue weighted by Gasteiger charge is -2.23. The summed E-state index contributed by atoms with van der Waals surface area (Å²) in [5.41, 5.74) is 2.52. The van der Waals surface area contributed by atoms with E-state index in [-0.39, 0.29) is 0 Å². The van der Waals surface area contributed by atoms with Crippen LogP contribution in [-0.4, -0.2) is 33.3 Å². The Hall–Kier alpha value is -2.37. The van der Waals surface area contributed by atoms with Crippen LogP contribution in [0.4, 0.5) is 0 Å². The Morgan fingerprint density at radius 1 is 1.23 bits per heavy atom. The SMILES string of the molecule is CCNC(=NCc1ccc(-n2cncn2)cc1)NC(C)CCC(C)(C)C. The summed E-state index contributed by atoms with van der Waals surface area (Å²) in [6.07, 6.45) is 5.54. The van der Waals surface area contributed by atoms with Crippen LogP contribution < -0.4 is 10.6 Å². The molecule has 26 heavy (non-hydrogen) atoms. The van der Waals surface area contributed by atoms with Crippen molar-refractivity contribution in [2.75, 3.05) is 6.54 Å². The van der Waals surface area contributed by atoms with Crippen LogP contribution in [0.2, 0.25) is 0 Å². The van der Waals surface area contributed by atoms with Crippen LogP contribution >= 0.6 is 0 Å². The van der Waals surface area contributed by atoms with Crippen LogP contribution in [0.5, 0.6) is 0 Å². The molecule has 6 nitrogen and oxygen atoms in total. The normalized spacial score (nSPS) is 13.5. The summed E-state index contributed by atoms with van der Waals surface area (Å²) in [5, 5.41) is 11.0. The van der Waals surface area contributed by atoms with E-state index in [4.69, 9.17) is 4.99 Å². The molecule has 1 atom stereocenters. The first kappa shape index (κ1) is 19.9. The fourth-order valence-corrected chi connectivity index (χ4v) is 2.54. The fraction of sp³-hybridized carbons (Fsp3) is 0.550. The Balaban J connectivity index is 1.93. The molecule has 142 valence electrons. The number of guanidine groups is 1. The van der Waals surface area contributed by atoms with Crippen molar-refractivity contribution in [1.29, 1.82) is 0 Å². The summed E-state index contributed by atoms with van der Waals surface area (Å²) in [4.78, 5) is 8.69. The van der Waals surface area contributed by atoms with E-state index in [0.29, 0.717) is 18.0 Å². The maximum Gasteiger partial charge on any atom is 0.191 e. The molecule has 0 aliphatic heterocycles. The van der Waals surface area contributed by atoms with Gasteiger partial charge < -0.3 is 10.6 Å². The van der Waals surface area contributed by atoms with Gasteiger partial charge in [-0.25, -0.2) is 14.7 Å². The van der Waals surface area contributed by atoms with Crippen molar-refractivity contribution < 1.29 is 0 Å². The molecule has 2 rings (SSSR count). The first-order valence-corrected chi connectivity index (χ1v) is 9.36. The van der Waals surface area contributed by atoms with Crippen molar-refractivity contribution in [3.05, 3.63) is 42.5 Å². The van der Waals surface area contributed by atoms with Gasteiger partial charge in [-0.3, -0.25) is 0 Å². The third-order valence-electron chi connectivity index (χ3n) is 4.09. The van der Waals surface area contributed by atoms with Gasteiger partial charge in [-0.05, 0) is 49.8 Å². The van der Waals surface area contributed by atoms with Crippen molar-refractivity contribution in [3.8, 4) is 5.69 Å². The second kappa shape index (κ2) is 9.36. The molecule has 0 amide bonds. The monoisotopic (exact) mass is 356 g/mol. The highest BCUT2D eigenvalue weighted by Gasteiger charge is 2.13. The van der Waals surface area contributed by atoms with Gasteiger partial charge in [-0.1, -0.05) is 32.9 Å². The number of hydrogen-bond donors (Lipinski definition) is 2. The molecule has 1 unspecified atom stereocenters. The van der Waals surface area contributed by atoms with Gasteiger partial charge in [-0.2, -0.15) is 5.10 Å². The van der Waals surface area contributed by atoms with E-state index in [0.717, 1.165) is 30.2 Å². The number of aliphatic imine (C=N–C) groups is 1. The number of benzene rings is 1. The minimum Gasteiger partial charge on any atom is -0.357 e. The maximum absolute atomic E-state index is 4.72. The largest absolute Gasteiger partial charge is 0.357 e. The van der Waals surface area contributed by atoms with Gasteiger partial charge in [-0.15, -0.1) is 0 Å². The molecule has 1 heterocycles. The number of rotatable bonds is 7. The van der Waals surface area contributed by atoms with Crippen molar-refractivity contribution >= 4 is 5.96 Å². The Morgan fingerprint density at radius 3 is 2.54 bits per heavy atom. The smallest absolute Gasteiger partial charge is 0.191 e. The van der Waals surface area contributed by atoms with Gasteiger partial charge in [0.2, 0.25) is 0 Å². The van der Waals surface area contributed by atoms with E-state index in [2.05, 4.69) is 67.5 Å². The average Bonchev–Trinajstić information content (AvgIpc) is 3.12. The lowest BCUT2D eigenvalue weighted by Crippen LogP contribution is -2.42. The van der Waals surface area contributed by atoms with Gasteiger partial charge in [0.15, 0.2) is 5.96 Å². The topological polar surface area (TPSA) is 67.1 Å². The molecule has 0 radical (unpaired) electrons. The summed E-state index contributed by atoms with van der Waals surface area (Å²) in [5.74, 6) is 0.870. The van der Waals surface area contributed by atoms with Crippen molar-refractivity contribution in [3.63, 3.8) is 0 Å². The molecule has 0 spiro atoms. The number of hydrogen-bond acceptors (Lipinski definition) is 3. The van der Waals surface area contributed by atoms with Gasteiger partial charge >= 0.3 is 0 Å². The molecule has 0 saturated heterocycles. The zero-order chi connectivity index (χ0) is 19.0. The van der Waals surface area contributed by atoms with E-state index >= 15 is 0 Å². The lowest BCUT2D eigenvalue weighted by molar-refractivity contribution is 0.346. The summed E-state index contributed by atoms with van der Waals surface area (Å²) in [7, 11) is 0. The lowest BCUT2D eigenvalue weighted by atomic mass is 9.89. The van der Waals surface area contributed by atoms with Crippen LogP contribution in [0, 0.1) is 5.41 Å². The molecule has 0 fully saturated rings. The first-order chi connectivity index (χ1) is 12.4. The van der Waals surface area contributed by atoms with Gasteiger partial charge in [0.05, 0.1) is 12.2 Å². The molecule has 0 aliphatic carbocycles. The van der Waals surface area contributed by atoms with Crippen LogP contribution in [0.25, 0.3) is 5.69 Å². The van der Waals surface area contributed by atoms with E-state index in [1.165, 1.54) is 12.7 Å². The van der Waals surface area contributed by atoms with E-state index in [1.54, 1.807) is 11.0 Å². The third kappa shape index (κ3) is 6.86. The quantitative estimate of drug-likeness (QED) is 0.588. The number of nitrogens with zero attached hydrogens (tertiary/aromatic N) is 4. The molecule has 0 bridgehead atoms. The Labute approximate surface area is 157 Å². The summed E-state index contributed by atoms with van der Waals surface area (Å²) in [6, 6.07) is 8.61. The van der Waals surface area contributed by atoms with Gasteiger partial charge in [0.1, 0.15) is 12.7 Å². The molecule has 2 N–H and O–H groups in total. The molecule has 0 saturated carbocycles. The number of aromatic nitrogens is 3. The second-order valence-electron chi connectivity index (χ2n) is 7.85. The minimum absolute atomic E-state index is 0.358. The maximum atomic E-state index is 4.72. The van der Waals surface area contributed by atoms with E-state index in [1.807, 2.05) is 12.1 Å². The van der Waals surface area contributed by atoms with Crippen molar-refractivity contribution in [2.45, 2.75) is 60.0 Å². The van der Waals surface area contributed by atoms with Crippen LogP contribution in [0.3, 0.4) is 0 Å². The molecule has 1 aromatic carbocycles. The van der Waals surface area contributed by atoms with Crippen molar-refractivity contribution in [1.82, 2.24) is 25.4 Å². The van der Waals surface area contributed by atoms with Crippen LogP contribution in [0.1, 0.15) is 53.0 Å². The van der Waals surface area contributed by atoms with E-state index in [9.17, 15) is 0 Å². The van der Waals surface area contributed by atoms with Crippen LogP contribution in [0.15, 0.2) is 41.9 Å². The fourth-order valence-electron chi connectivity index (χ4n) is 2.54. The minimum atomic E-state index is 0.358. The molecule has 2 aromatic rings. The predicted octanol–water partition coefficient (Wildman–Crippen LogP) is 3.54. The van der Waals surface area contributed by atoms with Crippen LogP contribution in [-0.2, 0) is 6.54 Å². The molecular formula is C20H32N6. The molecule has 1 aromatic heterocycles. The molecular weight excluding hydrogens is 324 g/mol. The highest BCUT2D eigenvalue weighted by Crippen LogP contribution is 2.21. The van der Waals surface area contributed by atoms with Gasteiger partial charge in [0.25, 0.3) is 0 Å².